The molecule has 0 aliphatic rings. The van der Waals surface area contributed by atoms with Crippen molar-refractivity contribution in [2.45, 2.75) is 6.92 Å². The van der Waals surface area contributed by atoms with Crippen LogP contribution in [0.25, 0.3) is 0 Å². The van der Waals surface area contributed by atoms with Gasteiger partial charge in [0.25, 0.3) is 11.6 Å². The largest absolute Gasteiger partial charge is 0.452 e. The highest BCUT2D eigenvalue weighted by molar-refractivity contribution is 6.14. The van der Waals surface area contributed by atoms with Gasteiger partial charge in [-0.1, -0.05) is 42.5 Å². The molecule has 0 radical (unpaired) electrons. The zero-order chi connectivity index (χ0) is 22.4. The molecular formula is C23H18N2O6. The first kappa shape index (κ1) is 21.4. The van der Waals surface area contributed by atoms with Gasteiger partial charge in [0.15, 0.2) is 12.4 Å². The van der Waals surface area contributed by atoms with Crippen molar-refractivity contribution in [1.82, 2.24) is 0 Å². The molecule has 0 heterocycles. The molecule has 0 aliphatic carbocycles. The van der Waals surface area contributed by atoms with Gasteiger partial charge in [-0.05, 0) is 31.2 Å². The Hall–Kier alpha value is -4.33. The number of aryl methyl sites for hydroxylation is 1. The van der Waals surface area contributed by atoms with Crippen LogP contribution in [0.3, 0.4) is 0 Å². The molecule has 8 nitrogen and oxygen atoms in total. The van der Waals surface area contributed by atoms with Crippen molar-refractivity contribution in [3.8, 4) is 0 Å². The predicted octanol–water partition coefficient (Wildman–Crippen LogP) is 3.93. The number of amides is 1. The Balaban J connectivity index is 1.65. The average molecular weight is 418 g/mol. The first-order valence-corrected chi connectivity index (χ1v) is 9.27. The number of carbonyl (C=O) groups excluding carboxylic acids is 3. The average Bonchev–Trinajstić information content (AvgIpc) is 2.77. The van der Waals surface area contributed by atoms with Crippen LogP contribution < -0.4 is 5.32 Å². The van der Waals surface area contributed by atoms with E-state index in [1.807, 2.05) is 0 Å². The molecule has 31 heavy (non-hydrogen) atoms. The fourth-order valence-corrected chi connectivity index (χ4v) is 2.92. The van der Waals surface area contributed by atoms with Crippen molar-refractivity contribution in [3.63, 3.8) is 0 Å². The van der Waals surface area contributed by atoms with Crippen LogP contribution in [0.5, 0.6) is 0 Å². The molecule has 0 saturated carbocycles. The fourth-order valence-electron chi connectivity index (χ4n) is 2.92. The Morgan fingerprint density at radius 2 is 1.61 bits per heavy atom. The molecule has 3 aromatic carbocycles. The summed E-state index contributed by atoms with van der Waals surface area (Å²) in [5.74, 6) is -1.67. The highest BCUT2D eigenvalue weighted by Gasteiger charge is 2.18. The number of para-hydroxylation sites is 1. The molecule has 3 aromatic rings. The maximum absolute atomic E-state index is 12.7. The van der Waals surface area contributed by atoms with E-state index in [4.69, 9.17) is 4.74 Å². The van der Waals surface area contributed by atoms with Gasteiger partial charge < -0.3 is 10.1 Å². The van der Waals surface area contributed by atoms with Crippen molar-refractivity contribution in [2.75, 3.05) is 11.9 Å². The van der Waals surface area contributed by atoms with Crippen LogP contribution in [-0.4, -0.2) is 29.2 Å². The standard InChI is InChI=1S/C23H18N2O6/c1-15-13-17(11-12-20(15)25(29)30)23(28)31-14-21(26)24-19-10-6-5-9-18(19)22(27)16-7-3-2-4-8-16/h2-13H,14H2,1H3,(H,24,26). The second-order valence-electron chi connectivity index (χ2n) is 6.62. The number of hydrogen-bond acceptors (Lipinski definition) is 6. The van der Waals surface area contributed by atoms with Gasteiger partial charge in [-0.2, -0.15) is 0 Å². The number of esters is 1. The van der Waals surface area contributed by atoms with Crippen molar-refractivity contribution < 1.29 is 24.0 Å². The summed E-state index contributed by atoms with van der Waals surface area (Å²) in [4.78, 5) is 47.5. The molecule has 1 N–H and O–H groups in total. The summed E-state index contributed by atoms with van der Waals surface area (Å²) >= 11 is 0. The van der Waals surface area contributed by atoms with Crippen molar-refractivity contribution in [3.05, 3.63) is 105 Å². The van der Waals surface area contributed by atoms with Crippen LogP contribution in [-0.2, 0) is 9.53 Å². The van der Waals surface area contributed by atoms with Gasteiger partial charge >= 0.3 is 5.97 Å². The van der Waals surface area contributed by atoms with Gasteiger partial charge in [0.2, 0.25) is 0 Å². The highest BCUT2D eigenvalue weighted by atomic mass is 16.6. The minimum atomic E-state index is -0.790. The van der Waals surface area contributed by atoms with Crippen LogP contribution in [0.4, 0.5) is 11.4 Å². The topological polar surface area (TPSA) is 116 Å². The third-order valence-corrected chi connectivity index (χ3v) is 4.45. The quantitative estimate of drug-likeness (QED) is 0.269. The SMILES string of the molecule is Cc1cc(C(=O)OCC(=O)Nc2ccccc2C(=O)c2ccccc2)ccc1[N+](=O)[O-]. The van der Waals surface area contributed by atoms with Gasteiger partial charge in [-0.15, -0.1) is 0 Å². The second kappa shape index (κ2) is 9.45. The van der Waals surface area contributed by atoms with E-state index in [1.54, 1.807) is 54.6 Å². The third kappa shape index (κ3) is 5.18. The number of anilines is 1. The molecule has 0 fully saturated rings. The number of nitrogens with zero attached hydrogens (tertiary/aromatic N) is 1. The van der Waals surface area contributed by atoms with Crippen LogP contribution in [0.1, 0.15) is 31.8 Å². The number of nitrogens with one attached hydrogen (secondary N) is 1. The number of benzene rings is 3. The number of ketones is 1. The molecule has 1 amide bonds. The zero-order valence-electron chi connectivity index (χ0n) is 16.5. The number of rotatable bonds is 7. The van der Waals surface area contributed by atoms with E-state index in [2.05, 4.69) is 5.32 Å². The third-order valence-electron chi connectivity index (χ3n) is 4.45. The maximum Gasteiger partial charge on any atom is 0.338 e. The summed E-state index contributed by atoms with van der Waals surface area (Å²) in [7, 11) is 0. The monoisotopic (exact) mass is 418 g/mol. The predicted molar refractivity (Wildman–Crippen MR) is 113 cm³/mol. The van der Waals surface area contributed by atoms with E-state index in [1.165, 1.54) is 25.1 Å². The Labute approximate surface area is 177 Å². The van der Waals surface area contributed by atoms with E-state index in [-0.39, 0.29) is 17.0 Å². The number of nitro groups is 1. The van der Waals surface area contributed by atoms with Crippen LogP contribution >= 0.6 is 0 Å². The number of carbonyl (C=O) groups is 3. The minimum Gasteiger partial charge on any atom is -0.452 e. The van der Waals surface area contributed by atoms with E-state index in [0.717, 1.165) is 0 Å². The van der Waals surface area contributed by atoms with Crippen LogP contribution in [0.2, 0.25) is 0 Å². The van der Waals surface area contributed by atoms with Crippen molar-refractivity contribution >= 4 is 29.0 Å². The molecule has 0 aromatic heterocycles. The van der Waals surface area contributed by atoms with E-state index < -0.39 is 23.4 Å². The lowest BCUT2D eigenvalue weighted by atomic mass is 10.0. The molecule has 8 heteroatoms. The summed E-state index contributed by atoms with van der Waals surface area (Å²) in [6.07, 6.45) is 0. The van der Waals surface area contributed by atoms with E-state index in [0.29, 0.717) is 22.4 Å². The Morgan fingerprint density at radius 1 is 0.935 bits per heavy atom. The molecule has 0 saturated heterocycles. The number of hydrogen-bond donors (Lipinski definition) is 1. The van der Waals surface area contributed by atoms with Gasteiger partial charge in [-0.3, -0.25) is 19.7 Å². The number of nitro benzene ring substituents is 1. The molecule has 0 aliphatic heterocycles. The smallest absolute Gasteiger partial charge is 0.338 e. The lowest BCUT2D eigenvalue weighted by Crippen LogP contribution is -2.22. The molecule has 0 unspecified atom stereocenters. The second-order valence-corrected chi connectivity index (χ2v) is 6.62. The normalized spacial score (nSPS) is 10.2. The van der Waals surface area contributed by atoms with Crippen LogP contribution in [0.15, 0.2) is 72.8 Å². The van der Waals surface area contributed by atoms with Gasteiger partial charge in [-0.25, -0.2) is 4.79 Å². The van der Waals surface area contributed by atoms with E-state index in [9.17, 15) is 24.5 Å². The Morgan fingerprint density at radius 3 is 2.29 bits per heavy atom. The van der Waals surface area contributed by atoms with Crippen LogP contribution in [0, 0.1) is 17.0 Å². The zero-order valence-corrected chi connectivity index (χ0v) is 16.5. The number of ether oxygens (including phenoxy) is 1. The Bertz CT molecular complexity index is 1160. The van der Waals surface area contributed by atoms with Gasteiger partial charge in [0.1, 0.15) is 0 Å². The summed E-state index contributed by atoms with van der Waals surface area (Å²) in [6.45, 7) is 0.922. The summed E-state index contributed by atoms with van der Waals surface area (Å²) in [6, 6.07) is 19.0. The first-order valence-electron chi connectivity index (χ1n) is 9.27. The van der Waals surface area contributed by atoms with E-state index >= 15 is 0 Å². The lowest BCUT2D eigenvalue weighted by molar-refractivity contribution is -0.385. The summed E-state index contributed by atoms with van der Waals surface area (Å²) in [5.41, 5.74) is 1.36. The molecule has 0 atom stereocenters. The van der Waals surface area contributed by atoms with Crippen molar-refractivity contribution in [2.24, 2.45) is 0 Å². The minimum absolute atomic E-state index is 0.0931. The molecular weight excluding hydrogens is 400 g/mol. The van der Waals surface area contributed by atoms with Gasteiger partial charge in [0.05, 0.1) is 16.2 Å². The molecule has 3 rings (SSSR count). The Kier molecular flexibility index (Phi) is 6.51. The van der Waals surface area contributed by atoms with Gasteiger partial charge in [0, 0.05) is 22.8 Å². The fraction of sp³-hybridized carbons (Fsp3) is 0.0870. The summed E-state index contributed by atoms with van der Waals surface area (Å²) < 4.78 is 5.00. The lowest BCUT2D eigenvalue weighted by Gasteiger charge is -2.11. The highest BCUT2D eigenvalue weighted by Crippen LogP contribution is 2.20. The molecule has 0 bridgehead atoms. The summed E-state index contributed by atoms with van der Waals surface area (Å²) in [5, 5.41) is 13.4. The molecule has 156 valence electrons. The maximum atomic E-state index is 12.7. The van der Waals surface area contributed by atoms with Crippen molar-refractivity contribution in [1.29, 1.82) is 0 Å². The first-order chi connectivity index (χ1) is 14.9. The molecule has 0 spiro atoms.